The molecule has 0 radical (unpaired) electrons. The van der Waals surface area contributed by atoms with Crippen molar-refractivity contribution in [2.24, 2.45) is 12.5 Å². The van der Waals surface area contributed by atoms with Crippen molar-refractivity contribution in [3.8, 4) is 17.6 Å². The first-order valence-electron chi connectivity index (χ1n) is 21.1. The molecule has 1 saturated carbocycles. The van der Waals surface area contributed by atoms with Gasteiger partial charge in [-0.1, -0.05) is 6.92 Å². The number of urea groups is 1. The minimum absolute atomic E-state index is 0.0733. The molecule has 1 unspecified atom stereocenters. The maximum atomic E-state index is 15.7. The number of halogens is 2. The number of imide groups is 1. The van der Waals surface area contributed by atoms with Crippen molar-refractivity contribution in [3.05, 3.63) is 71.6 Å². The van der Waals surface area contributed by atoms with Crippen LogP contribution in [0.25, 0.3) is 21.9 Å². The summed E-state index contributed by atoms with van der Waals surface area (Å²) in [5.41, 5.74) is 3.94. The van der Waals surface area contributed by atoms with Crippen LogP contribution in [0.1, 0.15) is 62.6 Å². The maximum Gasteiger partial charge on any atom is 0.329 e. The number of amides is 3. The lowest BCUT2D eigenvalue weighted by atomic mass is 9.59. The number of aryl methyl sites for hydroxylation is 1. The third-order valence-electron chi connectivity index (χ3n) is 13.5. The summed E-state index contributed by atoms with van der Waals surface area (Å²) in [6.07, 6.45) is 6.92. The number of nitrogens with zero attached hydrogens (tertiary/aromatic N) is 9. The zero-order valence-corrected chi connectivity index (χ0v) is 35.6. The Kier molecular flexibility index (Phi) is 10.2. The van der Waals surface area contributed by atoms with Gasteiger partial charge in [-0.2, -0.15) is 10.4 Å². The largest absolute Gasteiger partial charge is 0.453 e. The molecular formula is C44H47F2N11O4S. The molecular weight excluding hydrogens is 817 g/mol. The van der Waals surface area contributed by atoms with E-state index in [2.05, 4.69) is 31.0 Å². The van der Waals surface area contributed by atoms with Crippen molar-refractivity contribution in [3.63, 3.8) is 0 Å². The molecule has 5 aliphatic rings. The van der Waals surface area contributed by atoms with E-state index in [1.165, 1.54) is 35.2 Å². The molecule has 62 heavy (non-hydrogen) atoms. The normalized spacial score (nSPS) is 21.1. The van der Waals surface area contributed by atoms with Crippen LogP contribution < -0.4 is 24.6 Å². The summed E-state index contributed by atoms with van der Waals surface area (Å²) in [6.45, 7) is 7.08. The first-order valence-corrected chi connectivity index (χ1v) is 21.9. The first kappa shape index (κ1) is 40.5. The summed E-state index contributed by atoms with van der Waals surface area (Å²) in [7, 11) is 3.69. The lowest BCUT2D eigenvalue weighted by molar-refractivity contribution is -0.120. The number of carbonyl (C=O) groups is 2. The van der Waals surface area contributed by atoms with Crippen LogP contribution >= 0.6 is 12.1 Å². The van der Waals surface area contributed by atoms with Gasteiger partial charge in [0.2, 0.25) is 5.91 Å². The summed E-state index contributed by atoms with van der Waals surface area (Å²) in [5.74, 6) is -0.666. The molecule has 3 amide bonds. The molecule has 18 heteroatoms. The molecule has 2 spiro atoms. The van der Waals surface area contributed by atoms with Gasteiger partial charge in [0, 0.05) is 99.9 Å². The smallest absolute Gasteiger partial charge is 0.329 e. The van der Waals surface area contributed by atoms with Gasteiger partial charge in [0.25, 0.3) is 0 Å². The highest BCUT2D eigenvalue weighted by atomic mass is 32.2. The van der Waals surface area contributed by atoms with Gasteiger partial charge in [-0.15, -0.1) is 0 Å². The van der Waals surface area contributed by atoms with E-state index in [-0.39, 0.29) is 52.9 Å². The van der Waals surface area contributed by atoms with E-state index >= 15 is 8.78 Å². The number of ether oxygens (including phenoxy) is 2. The number of fused-ring (bicyclic) bond motifs is 2. The second-order valence-corrected chi connectivity index (χ2v) is 18.5. The van der Waals surface area contributed by atoms with Crippen molar-refractivity contribution in [1.82, 2.24) is 34.3 Å². The van der Waals surface area contributed by atoms with E-state index in [1.807, 2.05) is 30.5 Å². The van der Waals surface area contributed by atoms with Gasteiger partial charge in [-0.3, -0.25) is 24.7 Å². The second-order valence-electron chi connectivity index (χ2n) is 17.5. The van der Waals surface area contributed by atoms with Crippen molar-refractivity contribution >= 4 is 63.2 Å². The van der Waals surface area contributed by atoms with Crippen LogP contribution in [0.5, 0.6) is 11.5 Å². The van der Waals surface area contributed by atoms with Crippen molar-refractivity contribution in [2.45, 2.75) is 63.0 Å². The van der Waals surface area contributed by atoms with Gasteiger partial charge >= 0.3 is 6.03 Å². The fourth-order valence-corrected chi connectivity index (χ4v) is 10.5. The number of carbonyl (C=O) groups excluding carboxylic acids is 2. The zero-order chi connectivity index (χ0) is 42.9. The Morgan fingerprint density at radius 3 is 2.63 bits per heavy atom. The summed E-state index contributed by atoms with van der Waals surface area (Å²) >= 11 is 1.31. The van der Waals surface area contributed by atoms with Gasteiger partial charge in [0.15, 0.2) is 17.4 Å². The maximum absolute atomic E-state index is 15.7. The molecule has 4 saturated heterocycles. The molecule has 5 aromatic rings. The van der Waals surface area contributed by atoms with Crippen LogP contribution in [0.4, 0.5) is 30.8 Å². The number of benzene rings is 3. The van der Waals surface area contributed by atoms with Crippen LogP contribution in [-0.2, 0) is 16.6 Å². The number of anilines is 3. The number of piperidine rings is 1. The van der Waals surface area contributed by atoms with E-state index in [1.54, 1.807) is 29.9 Å². The second kappa shape index (κ2) is 15.6. The SMILES string of the molecule is CCN(C)SNc1ccc(F)c(Oc2ccc3ncc(C4COC5(CCN(C6CC7(C6)CN(c6cc8c(cc6F)c(N6CCC(=O)NC6=O)nn8C)C7)CC5)C4)nc3c2)c1C#N. The van der Waals surface area contributed by atoms with Gasteiger partial charge in [-0.05, 0) is 75.5 Å². The predicted octanol–water partition coefficient (Wildman–Crippen LogP) is 6.84. The predicted molar refractivity (Wildman–Crippen MR) is 231 cm³/mol. The number of aromatic nitrogens is 4. The third kappa shape index (κ3) is 7.23. The Bertz CT molecular complexity index is 2650. The molecule has 0 bridgehead atoms. The fraction of sp³-hybridized carbons (Fsp3) is 0.455. The average molecular weight is 864 g/mol. The first-order chi connectivity index (χ1) is 29.9. The minimum Gasteiger partial charge on any atom is -0.453 e. The number of nitriles is 1. The van der Waals surface area contributed by atoms with Gasteiger partial charge in [0.05, 0.1) is 45.8 Å². The van der Waals surface area contributed by atoms with E-state index in [0.29, 0.717) is 52.0 Å². The van der Waals surface area contributed by atoms with Crippen LogP contribution in [0.3, 0.4) is 0 Å². The molecule has 15 nitrogen and oxygen atoms in total. The Labute approximate surface area is 361 Å². The molecule has 4 aliphatic heterocycles. The van der Waals surface area contributed by atoms with Crippen LogP contribution in [-0.4, -0.2) is 105 Å². The van der Waals surface area contributed by atoms with E-state index < -0.39 is 11.8 Å². The van der Waals surface area contributed by atoms with E-state index in [4.69, 9.17) is 19.4 Å². The number of hydrogen-bond donors (Lipinski definition) is 2. The van der Waals surface area contributed by atoms with Crippen molar-refractivity contribution in [2.75, 3.05) is 67.4 Å². The third-order valence-corrected chi connectivity index (χ3v) is 14.4. The average Bonchev–Trinajstić information content (AvgIpc) is 3.79. The molecule has 2 aromatic heterocycles. The molecule has 3 aromatic carbocycles. The zero-order valence-electron chi connectivity index (χ0n) is 34.8. The van der Waals surface area contributed by atoms with Gasteiger partial charge < -0.3 is 24.0 Å². The highest BCUT2D eigenvalue weighted by molar-refractivity contribution is 7.98. The number of nitrogens with one attached hydrogen (secondary N) is 2. The Morgan fingerprint density at radius 1 is 1.06 bits per heavy atom. The molecule has 1 aliphatic carbocycles. The number of rotatable bonds is 10. The standard InChI is InChI=1S/C44H47F2N11O4S/c1-4-53(2)62-52-33-8-6-31(45)40(30(33)21-47)61-28-5-7-34-35(15-28)49-36(22-48-34)26-18-44(60-23-26)10-13-55(14-11-44)27-19-43(20-27)24-56(25-43)38-17-37-29(16-32(38)46)41(51-54(37)3)57-12-9-39(58)50-42(57)59/h5-8,15-17,22,26-27,52H,4,9-14,18-20,23-25H2,1-3H3,(H,50,58,59). The molecule has 2 N–H and O–H groups in total. The fourth-order valence-electron chi connectivity index (χ4n) is 9.95. The number of likely N-dealkylation sites (tertiary alicyclic amines) is 1. The quantitative estimate of drug-likeness (QED) is 0.141. The highest BCUT2D eigenvalue weighted by Crippen LogP contribution is 2.53. The van der Waals surface area contributed by atoms with Gasteiger partial charge in [0.1, 0.15) is 23.2 Å². The summed E-state index contributed by atoms with van der Waals surface area (Å²) in [6, 6.07) is 13.4. The summed E-state index contributed by atoms with van der Waals surface area (Å²) in [4.78, 5) is 40.0. The van der Waals surface area contributed by atoms with E-state index in [9.17, 15) is 14.9 Å². The Morgan fingerprint density at radius 2 is 1.87 bits per heavy atom. The molecule has 10 rings (SSSR count). The molecule has 1 atom stereocenters. The van der Waals surface area contributed by atoms with Crippen LogP contribution in [0.15, 0.2) is 48.7 Å². The number of hydrogen-bond acceptors (Lipinski definition) is 13. The van der Waals surface area contributed by atoms with Crippen LogP contribution in [0, 0.1) is 28.4 Å². The van der Waals surface area contributed by atoms with Crippen molar-refractivity contribution in [1.29, 1.82) is 5.26 Å². The van der Waals surface area contributed by atoms with Gasteiger partial charge in [-0.25, -0.2) is 22.9 Å². The topological polar surface area (TPSA) is 157 Å². The molecule has 6 heterocycles. The lowest BCUT2D eigenvalue weighted by Crippen LogP contribution is -2.67. The summed E-state index contributed by atoms with van der Waals surface area (Å²) in [5, 5.41) is 17.3. The highest BCUT2D eigenvalue weighted by Gasteiger charge is 2.55. The van der Waals surface area contributed by atoms with Crippen molar-refractivity contribution < 1.29 is 27.8 Å². The Hall–Kier alpha value is -5.61. The summed E-state index contributed by atoms with van der Waals surface area (Å²) < 4.78 is 50.1. The van der Waals surface area contributed by atoms with Crippen LogP contribution in [0.2, 0.25) is 0 Å². The van der Waals surface area contributed by atoms with E-state index in [0.717, 1.165) is 76.0 Å². The lowest BCUT2D eigenvalue weighted by Gasteiger charge is -2.62. The molecule has 5 fully saturated rings. The molecule has 322 valence electrons. The monoisotopic (exact) mass is 863 g/mol. The Balaban J connectivity index is 0.739. The minimum atomic E-state index is -0.636.